The minimum Gasteiger partial charge on any atom is -0.472 e. The van der Waals surface area contributed by atoms with Gasteiger partial charge in [-0.2, -0.15) is 0 Å². The third-order valence-electron chi connectivity index (χ3n) is 4.32. The van der Waals surface area contributed by atoms with Crippen molar-refractivity contribution in [3.63, 3.8) is 0 Å². The number of nitrogens with one attached hydrogen (secondary N) is 1. The zero-order chi connectivity index (χ0) is 15.9. The van der Waals surface area contributed by atoms with E-state index in [2.05, 4.69) is 15.4 Å². The number of aromatic nitrogens is 3. The lowest BCUT2D eigenvalue weighted by atomic mass is 10.2. The van der Waals surface area contributed by atoms with Gasteiger partial charge in [0.15, 0.2) is 11.4 Å². The summed E-state index contributed by atoms with van der Waals surface area (Å²) in [6, 6.07) is 13.7. The van der Waals surface area contributed by atoms with Gasteiger partial charge in [0.25, 0.3) is 0 Å². The normalized spacial score (nSPS) is 17.8. The van der Waals surface area contributed by atoms with Crippen molar-refractivity contribution in [1.82, 2.24) is 19.9 Å². The molecule has 1 aliphatic rings. The van der Waals surface area contributed by atoms with Gasteiger partial charge in [-0.25, -0.2) is 9.50 Å². The first-order valence-electron chi connectivity index (χ1n) is 8.08. The summed E-state index contributed by atoms with van der Waals surface area (Å²) in [4.78, 5) is 4.41. The maximum Gasteiger partial charge on any atom is 0.232 e. The minimum atomic E-state index is 0.174. The summed E-state index contributed by atoms with van der Waals surface area (Å²) in [7, 11) is 0. The highest BCUT2D eigenvalue weighted by Crippen LogP contribution is 2.28. The molecule has 6 heteroatoms. The zero-order valence-electron chi connectivity index (χ0n) is 13.0. The molecule has 4 heterocycles. The fraction of sp³-hybridized carbons (Fsp3) is 0.222. The molecule has 1 atom stereocenters. The number of hydrogen-bond acceptors (Lipinski definition) is 5. The summed E-state index contributed by atoms with van der Waals surface area (Å²) in [6.45, 7) is 1.85. The van der Waals surface area contributed by atoms with Crippen LogP contribution in [-0.2, 0) is 0 Å². The van der Waals surface area contributed by atoms with Crippen molar-refractivity contribution in [2.75, 3.05) is 13.1 Å². The molecule has 4 aromatic rings. The molecule has 5 rings (SSSR count). The summed E-state index contributed by atoms with van der Waals surface area (Å²) >= 11 is 0. The van der Waals surface area contributed by atoms with Gasteiger partial charge in [0, 0.05) is 18.0 Å². The topological polar surface area (TPSA) is 64.6 Å². The SMILES string of the molecule is c1ccc2oc(-c3cnc4ccc(OC5CCNC5)nn34)cc2c1. The Bertz CT molecular complexity index is 981. The molecule has 1 aromatic carbocycles. The Morgan fingerprint density at radius 3 is 3.04 bits per heavy atom. The zero-order valence-corrected chi connectivity index (χ0v) is 13.0. The molecule has 120 valence electrons. The highest BCUT2D eigenvalue weighted by molar-refractivity contribution is 5.82. The molecule has 1 saturated heterocycles. The number of hydrogen-bond donors (Lipinski definition) is 1. The number of furan rings is 1. The van der Waals surface area contributed by atoms with Crippen molar-refractivity contribution in [3.05, 3.63) is 48.7 Å². The summed E-state index contributed by atoms with van der Waals surface area (Å²) in [5.41, 5.74) is 2.44. The fourth-order valence-electron chi connectivity index (χ4n) is 3.09. The lowest BCUT2D eigenvalue weighted by molar-refractivity contribution is 0.211. The number of rotatable bonds is 3. The van der Waals surface area contributed by atoms with Gasteiger partial charge < -0.3 is 14.5 Å². The van der Waals surface area contributed by atoms with Crippen molar-refractivity contribution >= 4 is 16.6 Å². The minimum absolute atomic E-state index is 0.174. The highest BCUT2D eigenvalue weighted by atomic mass is 16.5. The van der Waals surface area contributed by atoms with E-state index >= 15 is 0 Å². The van der Waals surface area contributed by atoms with Crippen molar-refractivity contribution in [2.24, 2.45) is 0 Å². The monoisotopic (exact) mass is 320 g/mol. The Balaban J connectivity index is 1.57. The lowest BCUT2D eigenvalue weighted by Crippen LogP contribution is -2.20. The third-order valence-corrected chi connectivity index (χ3v) is 4.32. The van der Waals surface area contributed by atoms with Crippen LogP contribution in [0.1, 0.15) is 6.42 Å². The van der Waals surface area contributed by atoms with Gasteiger partial charge in [-0.1, -0.05) is 18.2 Å². The molecule has 0 amide bonds. The van der Waals surface area contributed by atoms with Crippen LogP contribution in [0.2, 0.25) is 0 Å². The van der Waals surface area contributed by atoms with Gasteiger partial charge in [-0.15, -0.1) is 5.10 Å². The second-order valence-electron chi connectivity index (χ2n) is 5.97. The van der Waals surface area contributed by atoms with E-state index in [1.807, 2.05) is 42.5 Å². The first kappa shape index (κ1) is 13.6. The van der Waals surface area contributed by atoms with Crippen LogP contribution in [0.3, 0.4) is 0 Å². The molecular weight excluding hydrogens is 304 g/mol. The number of para-hydroxylation sites is 1. The largest absolute Gasteiger partial charge is 0.472 e. The van der Waals surface area contributed by atoms with E-state index in [1.165, 1.54) is 0 Å². The lowest BCUT2D eigenvalue weighted by Gasteiger charge is -2.11. The van der Waals surface area contributed by atoms with Gasteiger partial charge in [0.1, 0.15) is 17.4 Å². The standard InChI is InChI=1S/C18H16N4O2/c1-2-4-15-12(3-1)9-16(24-15)14-11-20-17-5-6-18(21-22(14)17)23-13-7-8-19-10-13/h1-6,9,11,13,19H,7-8,10H2. The molecule has 1 fully saturated rings. The summed E-state index contributed by atoms with van der Waals surface area (Å²) in [5.74, 6) is 1.35. The van der Waals surface area contributed by atoms with E-state index in [4.69, 9.17) is 9.15 Å². The van der Waals surface area contributed by atoms with E-state index in [0.29, 0.717) is 5.88 Å². The predicted octanol–water partition coefficient (Wildman–Crippen LogP) is 2.88. The molecule has 1 N–H and O–H groups in total. The Labute approximate surface area is 138 Å². The number of fused-ring (bicyclic) bond motifs is 2. The van der Waals surface area contributed by atoms with Crippen LogP contribution < -0.4 is 10.1 Å². The molecule has 0 saturated carbocycles. The molecular formula is C18H16N4O2. The Hall–Kier alpha value is -2.86. The van der Waals surface area contributed by atoms with Gasteiger partial charge in [-0.05, 0) is 31.2 Å². The average molecular weight is 320 g/mol. The number of imidazole rings is 1. The molecule has 3 aromatic heterocycles. The summed E-state index contributed by atoms with van der Waals surface area (Å²) in [5, 5.41) is 8.94. The summed E-state index contributed by atoms with van der Waals surface area (Å²) in [6.07, 6.45) is 2.95. The van der Waals surface area contributed by atoms with Crippen LogP contribution in [0.5, 0.6) is 5.88 Å². The predicted molar refractivity (Wildman–Crippen MR) is 90.1 cm³/mol. The van der Waals surface area contributed by atoms with Gasteiger partial charge in [0.2, 0.25) is 5.88 Å². The second-order valence-corrected chi connectivity index (χ2v) is 5.97. The second kappa shape index (κ2) is 5.35. The van der Waals surface area contributed by atoms with Crippen LogP contribution in [0.4, 0.5) is 0 Å². The Kier molecular flexibility index (Phi) is 3.02. The van der Waals surface area contributed by atoms with Crippen LogP contribution in [0.25, 0.3) is 28.1 Å². The number of nitrogens with zero attached hydrogens (tertiary/aromatic N) is 3. The van der Waals surface area contributed by atoms with E-state index in [1.54, 1.807) is 10.7 Å². The van der Waals surface area contributed by atoms with Gasteiger partial charge >= 0.3 is 0 Å². The first-order chi connectivity index (χ1) is 11.9. The van der Waals surface area contributed by atoms with E-state index in [0.717, 1.165) is 47.6 Å². The average Bonchev–Trinajstić information content (AvgIpc) is 3.33. The van der Waals surface area contributed by atoms with E-state index in [9.17, 15) is 0 Å². The molecule has 6 nitrogen and oxygen atoms in total. The number of benzene rings is 1. The van der Waals surface area contributed by atoms with Crippen molar-refractivity contribution in [2.45, 2.75) is 12.5 Å². The Morgan fingerprint density at radius 2 is 2.17 bits per heavy atom. The van der Waals surface area contributed by atoms with Crippen LogP contribution in [0.15, 0.2) is 53.1 Å². The number of ether oxygens (including phenoxy) is 1. The molecule has 0 spiro atoms. The van der Waals surface area contributed by atoms with E-state index < -0.39 is 0 Å². The smallest absolute Gasteiger partial charge is 0.232 e. The van der Waals surface area contributed by atoms with Gasteiger partial charge in [0.05, 0.1) is 6.20 Å². The van der Waals surface area contributed by atoms with Crippen molar-refractivity contribution < 1.29 is 9.15 Å². The van der Waals surface area contributed by atoms with Crippen molar-refractivity contribution in [1.29, 1.82) is 0 Å². The molecule has 0 radical (unpaired) electrons. The Morgan fingerprint density at radius 1 is 1.21 bits per heavy atom. The van der Waals surface area contributed by atoms with Crippen LogP contribution in [0, 0.1) is 0 Å². The highest BCUT2D eigenvalue weighted by Gasteiger charge is 2.18. The molecule has 1 unspecified atom stereocenters. The molecule has 0 aliphatic carbocycles. The molecule has 24 heavy (non-hydrogen) atoms. The third kappa shape index (κ3) is 2.23. The van der Waals surface area contributed by atoms with Crippen LogP contribution >= 0.6 is 0 Å². The van der Waals surface area contributed by atoms with Crippen LogP contribution in [-0.4, -0.2) is 33.8 Å². The first-order valence-corrected chi connectivity index (χ1v) is 8.08. The van der Waals surface area contributed by atoms with Crippen molar-refractivity contribution in [3.8, 4) is 17.3 Å². The molecule has 0 bridgehead atoms. The maximum atomic E-state index is 5.95. The van der Waals surface area contributed by atoms with E-state index in [-0.39, 0.29) is 6.10 Å². The quantitative estimate of drug-likeness (QED) is 0.629. The van der Waals surface area contributed by atoms with Gasteiger partial charge in [-0.3, -0.25) is 0 Å². The molecule has 1 aliphatic heterocycles. The maximum absolute atomic E-state index is 5.95. The summed E-state index contributed by atoms with van der Waals surface area (Å²) < 4.78 is 13.7. The fourth-order valence-corrected chi connectivity index (χ4v) is 3.09.